The molecule has 6 rings (SSSR count). The van der Waals surface area contributed by atoms with Gasteiger partial charge in [0.1, 0.15) is 11.0 Å². The number of anilines is 3. The summed E-state index contributed by atoms with van der Waals surface area (Å²) < 4.78 is 21.9. The smallest absolute Gasteiger partial charge is 0.399 e. The first-order valence-electron chi connectivity index (χ1n) is 13.6. The van der Waals surface area contributed by atoms with Crippen LogP contribution in [0.15, 0.2) is 84.9 Å². The predicted octanol–water partition coefficient (Wildman–Crippen LogP) is 6.11. The average molecular weight is 566 g/mol. The molecule has 1 fully saturated rings. The molecule has 0 unspecified atom stereocenters. The molecule has 1 aromatic heterocycles. The maximum Gasteiger partial charge on any atom is 0.497 e. The second-order valence-corrected chi connectivity index (χ2v) is 11.8. The van der Waals surface area contributed by atoms with Crippen LogP contribution in [0, 0.1) is 0 Å². The van der Waals surface area contributed by atoms with Crippen molar-refractivity contribution in [2.75, 3.05) is 4.90 Å². The normalized spacial score (nSPS) is 15.9. The Bertz CT molecular complexity index is 1610. The van der Waals surface area contributed by atoms with E-state index in [0.29, 0.717) is 0 Å². The van der Waals surface area contributed by atoms with Crippen molar-refractivity contribution >= 4 is 52.4 Å². The second-order valence-electron chi connectivity index (χ2n) is 11.3. The van der Waals surface area contributed by atoms with Crippen LogP contribution in [0.25, 0.3) is 22.2 Å². The minimum Gasteiger partial charge on any atom is -0.399 e. The lowest BCUT2D eigenvalue weighted by Crippen LogP contribution is -2.41. The van der Waals surface area contributed by atoms with Crippen molar-refractivity contribution in [3.05, 3.63) is 96.1 Å². The summed E-state index contributed by atoms with van der Waals surface area (Å²) in [5.74, 6) is 0. The molecule has 41 heavy (non-hydrogen) atoms. The summed E-state index contributed by atoms with van der Waals surface area (Å²) in [7, 11) is -0.508. The van der Waals surface area contributed by atoms with Crippen LogP contribution in [-0.2, 0) is 22.5 Å². The van der Waals surface area contributed by atoms with E-state index in [1.807, 2.05) is 82.3 Å². The Labute approximate surface area is 244 Å². The summed E-state index contributed by atoms with van der Waals surface area (Å²) in [4.78, 5) is 2.15. The largest absolute Gasteiger partial charge is 0.497 e. The van der Waals surface area contributed by atoms with E-state index in [1.54, 1.807) is 0 Å². The number of hydrogen-bond donors (Lipinski definition) is 2. The van der Waals surface area contributed by atoms with E-state index < -0.39 is 18.3 Å². The van der Waals surface area contributed by atoms with Crippen LogP contribution in [0.2, 0.25) is 0 Å². The van der Waals surface area contributed by atoms with Gasteiger partial charge in [-0.05, 0) is 80.8 Å². The third-order valence-electron chi connectivity index (χ3n) is 8.14. The number of rotatable bonds is 7. The fourth-order valence-corrected chi connectivity index (χ4v) is 5.60. The number of aliphatic hydroxyl groups excluding tert-OH is 2. The zero-order valence-electron chi connectivity index (χ0n) is 23.5. The topological polar surface area (TPSA) is 87.9 Å². The summed E-state index contributed by atoms with van der Waals surface area (Å²) in [5.41, 5.74) is 8.25. The number of hydrogen-bond acceptors (Lipinski definition) is 8. The van der Waals surface area contributed by atoms with Gasteiger partial charge < -0.3 is 24.4 Å². The molecule has 208 valence electrons. The highest BCUT2D eigenvalue weighted by Gasteiger charge is 2.52. The summed E-state index contributed by atoms with van der Waals surface area (Å²) in [6.07, 6.45) is 0. The number of benzene rings is 4. The quantitative estimate of drug-likeness (QED) is 0.230. The molecule has 1 aliphatic heterocycles. The van der Waals surface area contributed by atoms with Crippen LogP contribution < -0.4 is 10.4 Å². The zero-order valence-corrected chi connectivity index (χ0v) is 24.4. The molecule has 0 amide bonds. The van der Waals surface area contributed by atoms with Crippen molar-refractivity contribution in [1.29, 1.82) is 0 Å². The molecule has 9 heteroatoms. The molecule has 0 bridgehead atoms. The Morgan fingerprint density at radius 2 is 1.12 bits per heavy atom. The Morgan fingerprint density at radius 1 is 0.659 bits per heavy atom. The van der Waals surface area contributed by atoms with E-state index in [2.05, 4.69) is 44.0 Å². The third kappa shape index (κ3) is 5.05. The summed E-state index contributed by atoms with van der Waals surface area (Å²) in [6, 6.07) is 28.1. The molecular weight excluding hydrogens is 533 g/mol. The molecule has 2 N–H and O–H groups in total. The van der Waals surface area contributed by atoms with Gasteiger partial charge in [0.25, 0.3) is 0 Å². The highest BCUT2D eigenvalue weighted by atomic mass is 32.1. The second kappa shape index (κ2) is 10.7. The first-order valence-corrected chi connectivity index (χ1v) is 14.3. The maximum absolute atomic E-state index is 9.52. The Balaban J connectivity index is 1.36. The van der Waals surface area contributed by atoms with E-state index in [9.17, 15) is 10.2 Å². The SMILES string of the molecule is CC1(C)OB(c2ccc(-c3ccc(N(c4ccc(CO)cc4)c4ccc(CO)cc4)cc3)c3nsnc23)OC1(C)C. The van der Waals surface area contributed by atoms with Crippen molar-refractivity contribution in [2.45, 2.75) is 52.1 Å². The number of aliphatic hydroxyl groups is 2. The van der Waals surface area contributed by atoms with Crippen molar-refractivity contribution in [3.63, 3.8) is 0 Å². The van der Waals surface area contributed by atoms with Crippen LogP contribution in [0.4, 0.5) is 17.1 Å². The Hall–Kier alpha value is -3.60. The van der Waals surface area contributed by atoms with Gasteiger partial charge in [-0.3, -0.25) is 0 Å². The van der Waals surface area contributed by atoms with Crippen LogP contribution in [0.3, 0.4) is 0 Å². The number of nitrogens with zero attached hydrogens (tertiary/aromatic N) is 3. The molecule has 1 aliphatic rings. The molecule has 2 heterocycles. The first kappa shape index (κ1) is 27.6. The van der Waals surface area contributed by atoms with Crippen molar-refractivity contribution in [2.24, 2.45) is 0 Å². The molecule has 4 aromatic carbocycles. The predicted molar refractivity (Wildman–Crippen MR) is 165 cm³/mol. The van der Waals surface area contributed by atoms with E-state index >= 15 is 0 Å². The van der Waals surface area contributed by atoms with E-state index in [1.165, 1.54) is 11.7 Å². The van der Waals surface area contributed by atoms with Gasteiger partial charge >= 0.3 is 7.12 Å². The van der Waals surface area contributed by atoms with Gasteiger partial charge in [0.2, 0.25) is 0 Å². The van der Waals surface area contributed by atoms with E-state index in [0.717, 1.165) is 55.8 Å². The molecule has 0 saturated carbocycles. The van der Waals surface area contributed by atoms with Gasteiger partial charge in [-0.15, -0.1) is 0 Å². The molecule has 1 saturated heterocycles. The molecular formula is C32H32BN3O4S. The van der Waals surface area contributed by atoms with Gasteiger partial charge in [0.15, 0.2) is 0 Å². The zero-order chi connectivity index (χ0) is 28.8. The first-order chi connectivity index (χ1) is 19.7. The van der Waals surface area contributed by atoms with Crippen molar-refractivity contribution in [3.8, 4) is 11.1 Å². The average Bonchev–Trinajstić information content (AvgIpc) is 3.55. The lowest BCUT2D eigenvalue weighted by atomic mass is 9.77. The third-order valence-corrected chi connectivity index (χ3v) is 8.67. The standard InChI is InChI=1S/C32H32BN3O4S/c1-31(2)32(3,4)40-33(39-31)28-18-17-27(29-30(28)35-41-34-29)23-9-15-26(16-10-23)36(24-11-5-21(19-37)6-12-24)25-13-7-22(20-38)8-14-25/h5-18,37-38H,19-20H2,1-4H3. The minimum atomic E-state index is -0.508. The fourth-order valence-electron chi connectivity index (χ4n) is 5.02. The van der Waals surface area contributed by atoms with Crippen molar-refractivity contribution < 1.29 is 19.5 Å². The van der Waals surface area contributed by atoms with Gasteiger partial charge in [-0.1, -0.05) is 48.5 Å². The summed E-state index contributed by atoms with van der Waals surface area (Å²) in [6.45, 7) is 8.17. The van der Waals surface area contributed by atoms with Crippen LogP contribution in [0.5, 0.6) is 0 Å². The molecule has 0 radical (unpaired) electrons. The highest BCUT2D eigenvalue weighted by Crippen LogP contribution is 2.39. The molecule has 7 nitrogen and oxygen atoms in total. The molecule has 0 aliphatic carbocycles. The molecule has 0 spiro atoms. The lowest BCUT2D eigenvalue weighted by molar-refractivity contribution is 0.00578. The molecule has 5 aromatic rings. The van der Waals surface area contributed by atoms with Gasteiger partial charge in [-0.2, -0.15) is 8.75 Å². The van der Waals surface area contributed by atoms with E-state index in [-0.39, 0.29) is 13.2 Å². The van der Waals surface area contributed by atoms with E-state index in [4.69, 9.17) is 9.31 Å². The highest BCUT2D eigenvalue weighted by molar-refractivity contribution is 7.00. The number of aromatic nitrogens is 2. The van der Waals surface area contributed by atoms with Gasteiger partial charge in [0.05, 0.1) is 36.1 Å². The maximum atomic E-state index is 9.52. The number of fused-ring (bicyclic) bond motifs is 1. The van der Waals surface area contributed by atoms with Crippen molar-refractivity contribution in [1.82, 2.24) is 8.75 Å². The van der Waals surface area contributed by atoms with Gasteiger partial charge in [0, 0.05) is 28.1 Å². The summed E-state index contributed by atoms with van der Waals surface area (Å²) in [5, 5.41) is 19.0. The Kier molecular flexibility index (Phi) is 7.17. The minimum absolute atomic E-state index is 0.00652. The van der Waals surface area contributed by atoms with Crippen LogP contribution in [-0.4, -0.2) is 37.3 Å². The van der Waals surface area contributed by atoms with Gasteiger partial charge in [-0.25, -0.2) is 0 Å². The van der Waals surface area contributed by atoms with Crippen LogP contribution >= 0.6 is 11.7 Å². The summed E-state index contributed by atoms with van der Waals surface area (Å²) >= 11 is 1.19. The van der Waals surface area contributed by atoms with Crippen LogP contribution in [0.1, 0.15) is 38.8 Å². The lowest BCUT2D eigenvalue weighted by Gasteiger charge is -2.32. The Morgan fingerprint density at radius 3 is 1.61 bits per heavy atom. The fraction of sp³-hybridized carbons (Fsp3) is 0.250. The molecule has 0 atom stereocenters. The monoisotopic (exact) mass is 565 g/mol.